The molecule has 0 aliphatic rings. The Kier molecular flexibility index (Phi) is 4.82. The summed E-state index contributed by atoms with van der Waals surface area (Å²) in [5, 5.41) is 0. The molecule has 4 nitrogen and oxygen atoms in total. The number of benzene rings is 1. The van der Waals surface area contributed by atoms with Crippen LogP contribution in [0.25, 0.3) is 0 Å². The van der Waals surface area contributed by atoms with Gasteiger partial charge in [-0.15, -0.1) is 0 Å². The summed E-state index contributed by atoms with van der Waals surface area (Å²) in [5.41, 5.74) is 0.331. The Morgan fingerprint density at radius 1 is 1.24 bits per heavy atom. The van der Waals surface area contributed by atoms with Gasteiger partial charge in [-0.2, -0.15) is 0 Å². The van der Waals surface area contributed by atoms with Crippen molar-refractivity contribution in [3.63, 3.8) is 0 Å². The van der Waals surface area contributed by atoms with E-state index in [1.807, 2.05) is 13.8 Å². The fourth-order valence-corrected chi connectivity index (χ4v) is 1.38. The molecule has 0 aliphatic carbocycles. The molecule has 94 valence electrons. The van der Waals surface area contributed by atoms with Gasteiger partial charge < -0.3 is 14.2 Å². The van der Waals surface area contributed by atoms with Gasteiger partial charge in [0.15, 0.2) is 0 Å². The van der Waals surface area contributed by atoms with Crippen molar-refractivity contribution in [1.29, 1.82) is 0 Å². The van der Waals surface area contributed by atoms with Crippen molar-refractivity contribution in [2.75, 3.05) is 14.2 Å². The van der Waals surface area contributed by atoms with Gasteiger partial charge in [0.1, 0.15) is 17.1 Å². The molecule has 0 amide bonds. The van der Waals surface area contributed by atoms with E-state index in [1.165, 1.54) is 14.2 Å². The molecule has 0 radical (unpaired) electrons. The van der Waals surface area contributed by atoms with E-state index >= 15 is 0 Å². The number of methoxy groups -OCH3 is 2. The quantitative estimate of drug-likeness (QED) is 0.740. The van der Waals surface area contributed by atoms with E-state index in [9.17, 15) is 4.79 Å². The van der Waals surface area contributed by atoms with Gasteiger partial charge >= 0.3 is 5.97 Å². The second kappa shape index (κ2) is 6.13. The zero-order chi connectivity index (χ0) is 12.8. The van der Waals surface area contributed by atoms with Gasteiger partial charge in [-0.05, 0) is 25.5 Å². The third-order valence-electron chi connectivity index (χ3n) is 2.52. The van der Waals surface area contributed by atoms with Gasteiger partial charge in [0.2, 0.25) is 0 Å². The van der Waals surface area contributed by atoms with Gasteiger partial charge in [0.05, 0.1) is 20.3 Å². The van der Waals surface area contributed by atoms with Gasteiger partial charge in [-0.25, -0.2) is 4.79 Å². The molecule has 0 saturated heterocycles. The number of ether oxygens (including phenoxy) is 3. The highest BCUT2D eigenvalue weighted by atomic mass is 16.5. The first-order valence-electron chi connectivity index (χ1n) is 5.56. The highest BCUT2D eigenvalue weighted by Gasteiger charge is 2.20. The molecule has 1 aromatic rings. The molecule has 1 unspecified atom stereocenters. The SMILES string of the molecule is CCC(C)OC(=O)c1c(OC)cccc1OC. The number of esters is 1. The van der Waals surface area contributed by atoms with Crippen LogP contribution in [-0.4, -0.2) is 26.3 Å². The Labute approximate surface area is 101 Å². The predicted molar refractivity (Wildman–Crippen MR) is 64.7 cm³/mol. The molecule has 0 aliphatic heterocycles. The van der Waals surface area contributed by atoms with Crippen LogP contribution in [0.15, 0.2) is 18.2 Å². The van der Waals surface area contributed by atoms with Crippen LogP contribution in [0.4, 0.5) is 0 Å². The summed E-state index contributed by atoms with van der Waals surface area (Å²) in [5.74, 6) is 0.490. The van der Waals surface area contributed by atoms with E-state index < -0.39 is 5.97 Å². The minimum Gasteiger partial charge on any atom is -0.496 e. The highest BCUT2D eigenvalue weighted by Crippen LogP contribution is 2.29. The maximum Gasteiger partial charge on any atom is 0.346 e. The van der Waals surface area contributed by atoms with E-state index in [2.05, 4.69) is 0 Å². The van der Waals surface area contributed by atoms with Crippen LogP contribution in [0.2, 0.25) is 0 Å². The van der Waals surface area contributed by atoms with Crippen LogP contribution in [0.3, 0.4) is 0 Å². The molecule has 0 saturated carbocycles. The van der Waals surface area contributed by atoms with Crippen molar-refractivity contribution in [2.45, 2.75) is 26.4 Å². The van der Waals surface area contributed by atoms with Gasteiger partial charge in [-0.3, -0.25) is 0 Å². The molecule has 1 atom stereocenters. The molecular weight excluding hydrogens is 220 g/mol. The Hall–Kier alpha value is -1.71. The molecule has 17 heavy (non-hydrogen) atoms. The molecule has 0 spiro atoms. The van der Waals surface area contributed by atoms with E-state index in [-0.39, 0.29) is 6.10 Å². The van der Waals surface area contributed by atoms with Gasteiger partial charge in [0.25, 0.3) is 0 Å². The van der Waals surface area contributed by atoms with Crippen molar-refractivity contribution in [1.82, 2.24) is 0 Å². The van der Waals surface area contributed by atoms with Gasteiger partial charge in [-0.1, -0.05) is 13.0 Å². The molecule has 1 rings (SSSR count). The average molecular weight is 238 g/mol. The monoisotopic (exact) mass is 238 g/mol. The summed E-state index contributed by atoms with van der Waals surface area (Å²) in [6, 6.07) is 5.17. The standard InChI is InChI=1S/C13H18O4/c1-5-9(2)17-13(14)12-10(15-3)7-6-8-11(12)16-4/h6-9H,5H2,1-4H3. The summed E-state index contributed by atoms with van der Waals surface area (Å²) >= 11 is 0. The lowest BCUT2D eigenvalue weighted by Gasteiger charge is -2.15. The summed E-state index contributed by atoms with van der Waals surface area (Å²) in [7, 11) is 3.02. The lowest BCUT2D eigenvalue weighted by atomic mass is 10.1. The largest absolute Gasteiger partial charge is 0.496 e. The first-order valence-corrected chi connectivity index (χ1v) is 5.56. The zero-order valence-corrected chi connectivity index (χ0v) is 10.6. The van der Waals surface area contributed by atoms with Crippen LogP contribution < -0.4 is 9.47 Å². The summed E-state index contributed by atoms with van der Waals surface area (Å²) in [6.07, 6.45) is 0.639. The van der Waals surface area contributed by atoms with E-state index in [0.717, 1.165) is 6.42 Å². The third-order valence-corrected chi connectivity index (χ3v) is 2.52. The summed E-state index contributed by atoms with van der Waals surface area (Å²) in [4.78, 5) is 12.0. The number of carbonyl (C=O) groups excluding carboxylic acids is 1. The molecule has 4 heteroatoms. The van der Waals surface area contributed by atoms with Gasteiger partial charge in [0, 0.05) is 0 Å². The number of carbonyl (C=O) groups is 1. The second-order valence-corrected chi connectivity index (χ2v) is 3.66. The minimum atomic E-state index is -0.423. The van der Waals surface area contributed by atoms with Crippen molar-refractivity contribution in [3.05, 3.63) is 23.8 Å². The van der Waals surface area contributed by atoms with Crippen molar-refractivity contribution >= 4 is 5.97 Å². The Bertz CT molecular complexity index is 365. The third kappa shape index (κ3) is 3.12. The van der Waals surface area contributed by atoms with Crippen LogP contribution in [0, 0.1) is 0 Å². The lowest BCUT2D eigenvalue weighted by molar-refractivity contribution is 0.0327. The lowest BCUT2D eigenvalue weighted by Crippen LogP contribution is -2.15. The predicted octanol–water partition coefficient (Wildman–Crippen LogP) is 2.66. The topological polar surface area (TPSA) is 44.8 Å². The number of hydrogen-bond donors (Lipinski definition) is 0. The van der Waals surface area contributed by atoms with E-state index in [0.29, 0.717) is 17.1 Å². The van der Waals surface area contributed by atoms with E-state index in [1.54, 1.807) is 18.2 Å². The molecule has 0 heterocycles. The Morgan fingerprint density at radius 2 is 1.76 bits per heavy atom. The maximum absolute atomic E-state index is 12.0. The molecule has 0 aromatic heterocycles. The minimum absolute atomic E-state index is 0.128. The number of rotatable bonds is 5. The van der Waals surface area contributed by atoms with Crippen LogP contribution in [0.1, 0.15) is 30.6 Å². The second-order valence-electron chi connectivity index (χ2n) is 3.66. The average Bonchev–Trinajstić information content (AvgIpc) is 2.37. The van der Waals surface area contributed by atoms with Crippen molar-refractivity contribution in [3.8, 4) is 11.5 Å². The highest BCUT2D eigenvalue weighted by molar-refractivity contribution is 5.95. The van der Waals surface area contributed by atoms with Crippen molar-refractivity contribution < 1.29 is 19.0 Å². The van der Waals surface area contributed by atoms with Crippen LogP contribution >= 0.6 is 0 Å². The molecule has 0 N–H and O–H groups in total. The Morgan fingerprint density at radius 3 is 2.18 bits per heavy atom. The first-order chi connectivity index (χ1) is 8.13. The first kappa shape index (κ1) is 13.4. The Balaban J connectivity index is 3.05. The fraction of sp³-hybridized carbons (Fsp3) is 0.462. The molecule has 0 bridgehead atoms. The summed E-state index contributed by atoms with van der Waals surface area (Å²) < 4.78 is 15.6. The fourth-order valence-electron chi connectivity index (χ4n) is 1.38. The van der Waals surface area contributed by atoms with E-state index in [4.69, 9.17) is 14.2 Å². The normalized spacial score (nSPS) is 11.8. The van der Waals surface area contributed by atoms with Crippen LogP contribution in [0.5, 0.6) is 11.5 Å². The van der Waals surface area contributed by atoms with Crippen LogP contribution in [-0.2, 0) is 4.74 Å². The zero-order valence-electron chi connectivity index (χ0n) is 10.6. The molecule has 0 fully saturated rings. The molecule has 1 aromatic carbocycles. The maximum atomic E-state index is 12.0. The smallest absolute Gasteiger partial charge is 0.346 e. The molecular formula is C13H18O4. The summed E-state index contributed by atoms with van der Waals surface area (Å²) in [6.45, 7) is 3.80. The van der Waals surface area contributed by atoms with Crippen molar-refractivity contribution in [2.24, 2.45) is 0 Å². The number of hydrogen-bond acceptors (Lipinski definition) is 4.